The van der Waals surface area contributed by atoms with Crippen molar-refractivity contribution in [3.63, 3.8) is 0 Å². The maximum Gasteiger partial charge on any atom is 0.228 e. The van der Waals surface area contributed by atoms with Gasteiger partial charge in [-0.15, -0.1) is 0 Å². The maximum absolute atomic E-state index is 11.8. The molecule has 0 aromatic heterocycles. The predicted molar refractivity (Wildman–Crippen MR) is 64.5 cm³/mol. The number of rotatable bonds is 3. The van der Waals surface area contributed by atoms with Crippen molar-refractivity contribution in [1.82, 2.24) is 0 Å². The van der Waals surface area contributed by atoms with Crippen molar-refractivity contribution in [2.24, 2.45) is 5.73 Å². The Morgan fingerprint density at radius 1 is 1.35 bits per heavy atom. The Balaban J connectivity index is 2.41. The van der Waals surface area contributed by atoms with Crippen LogP contribution in [0.2, 0.25) is 0 Å². The Morgan fingerprint density at radius 2 is 2.12 bits per heavy atom. The molecule has 1 atom stereocenters. The minimum absolute atomic E-state index is 0.0176. The van der Waals surface area contributed by atoms with E-state index in [1.165, 1.54) is 0 Å². The molecule has 2 N–H and O–H groups in total. The summed E-state index contributed by atoms with van der Waals surface area (Å²) in [5, 5.41) is 0. The highest BCUT2D eigenvalue weighted by atomic mass is 16.5. The molecule has 1 heterocycles. The second kappa shape index (κ2) is 4.63. The average Bonchev–Trinajstić information content (AvgIpc) is 2.67. The number of ether oxygens (including phenoxy) is 2. The molecule has 1 aliphatic rings. The number of benzene rings is 1. The largest absolute Gasteiger partial charge is 0.493 e. The van der Waals surface area contributed by atoms with Crippen LogP contribution in [0.1, 0.15) is 6.42 Å². The summed E-state index contributed by atoms with van der Waals surface area (Å²) in [7, 11) is 3.13. The first kappa shape index (κ1) is 11.7. The van der Waals surface area contributed by atoms with Crippen LogP contribution in [-0.4, -0.2) is 32.7 Å². The molecule has 0 spiro atoms. The molecule has 1 amide bonds. The van der Waals surface area contributed by atoms with E-state index in [0.29, 0.717) is 30.2 Å². The fourth-order valence-corrected chi connectivity index (χ4v) is 2.05. The summed E-state index contributed by atoms with van der Waals surface area (Å²) in [5.74, 6) is 1.19. The zero-order valence-electron chi connectivity index (χ0n) is 9.97. The van der Waals surface area contributed by atoms with Gasteiger partial charge in [-0.2, -0.15) is 0 Å². The number of carbonyl (C=O) groups is 1. The van der Waals surface area contributed by atoms with Gasteiger partial charge in [0.1, 0.15) is 0 Å². The van der Waals surface area contributed by atoms with Gasteiger partial charge >= 0.3 is 0 Å². The molecule has 1 unspecified atom stereocenters. The predicted octanol–water partition coefficient (Wildman–Crippen LogP) is 0.768. The van der Waals surface area contributed by atoms with Gasteiger partial charge in [-0.05, 0) is 12.1 Å². The molecule has 1 aliphatic heterocycles. The molecule has 0 saturated carbocycles. The highest BCUT2D eigenvalue weighted by molar-refractivity contribution is 5.98. The van der Waals surface area contributed by atoms with Crippen LogP contribution < -0.4 is 20.1 Å². The van der Waals surface area contributed by atoms with E-state index in [-0.39, 0.29) is 11.9 Å². The van der Waals surface area contributed by atoms with Gasteiger partial charge in [-0.1, -0.05) is 6.07 Å². The van der Waals surface area contributed by atoms with E-state index >= 15 is 0 Å². The fraction of sp³-hybridized carbons (Fsp3) is 0.417. The van der Waals surface area contributed by atoms with Gasteiger partial charge < -0.3 is 20.1 Å². The average molecular weight is 236 g/mol. The second-order valence-corrected chi connectivity index (χ2v) is 3.98. The number of amides is 1. The lowest BCUT2D eigenvalue weighted by Crippen LogP contribution is -2.28. The number of hydrogen-bond donors (Lipinski definition) is 1. The third kappa shape index (κ3) is 2.06. The molecule has 0 radical (unpaired) electrons. The van der Waals surface area contributed by atoms with Crippen molar-refractivity contribution >= 4 is 11.6 Å². The highest BCUT2D eigenvalue weighted by Crippen LogP contribution is 2.38. The summed E-state index contributed by atoms with van der Waals surface area (Å²) in [6, 6.07) is 5.34. The normalized spacial score (nSPS) is 19.6. The van der Waals surface area contributed by atoms with Crippen LogP contribution in [0.4, 0.5) is 5.69 Å². The lowest BCUT2D eigenvalue weighted by molar-refractivity contribution is -0.117. The number of anilines is 1. The van der Waals surface area contributed by atoms with Crippen LogP contribution in [0, 0.1) is 0 Å². The number of nitrogens with two attached hydrogens (primary N) is 1. The summed E-state index contributed by atoms with van der Waals surface area (Å²) in [4.78, 5) is 13.4. The highest BCUT2D eigenvalue weighted by Gasteiger charge is 2.30. The number of hydrogen-bond acceptors (Lipinski definition) is 4. The van der Waals surface area contributed by atoms with Crippen LogP contribution >= 0.6 is 0 Å². The van der Waals surface area contributed by atoms with Gasteiger partial charge in [0, 0.05) is 19.0 Å². The molecule has 1 aromatic rings. The summed E-state index contributed by atoms with van der Waals surface area (Å²) in [6.07, 6.45) is 0.375. The number of nitrogens with zero attached hydrogens (tertiary/aromatic N) is 1. The first-order chi connectivity index (χ1) is 8.17. The zero-order chi connectivity index (χ0) is 12.4. The molecule has 1 saturated heterocycles. The van der Waals surface area contributed by atoms with E-state index in [9.17, 15) is 4.79 Å². The molecular weight excluding hydrogens is 220 g/mol. The molecule has 0 aliphatic carbocycles. The van der Waals surface area contributed by atoms with Gasteiger partial charge in [0.05, 0.1) is 19.9 Å². The fourth-order valence-electron chi connectivity index (χ4n) is 2.05. The standard InChI is InChI=1S/C12H16N2O3/c1-16-10-5-3-4-9(12(10)17-2)14-7-8(13)6-11(14)15/h3-5,8H,6-7,13H2,1-2H3. The molecule has 5 heteroatoms. The van der Waals surface area contributed by atoms with E-state index < -0.39 is 0 Å². The lowest BCUT2D eigenvalue weighted by atomic mass is 10.2. The Hall–Kier alpha value is -1.75. The summed E-state index contributed by atoms with van der Waals surface area (Å²) in [6.45, 7) is 0.516. The van der Waals surface area contributed by atoms with Gasteiger partial charge in [0.25, 0.3) is 0 Å². The van der Waals surface area contributed by atoms with Crippen LogP contribution in [0.5, 0.6) is 11.5 Å². The molecule has 1 aromatic carbocycles. The molecule has 92 valence electrons. The van der Waals surface area contributed by atoms with Crippen molar-refractivity contribution in [2.45, 2.75) is 12.5 Å². The lowest BCUT2D eigenvalue weighted by Gasteiger charge is -2.20. The number of para-hydroxylation sites is 1. The third-order valence-electron chi connectivity index (χ3n) is 2.83. The molecule has 17 heavy (non-hydrogen) atoms. The minimum Gasteiger partial charge on any atom is -0.493 e. The Bertz CT molecular complexity index is 434. The van der Waals surface area contributed by atoms with E-state index in [1.807, 2.05) is 12.1 Å². The van der Waals surface area contributed by atoms with Crippen molar-refractivity contribution in [3.8, 4) is 11.5 Å². The smallest absolute Gasteiger partial charge is 0.228 e. The van der Waals surface area contributed by atoms with Crippen molar-refractivity contribution < 1.29 is 14.3 Å². The molecule has 2 rings (SSSR count). The summed E-state index contributed by atoms with van der Waals surface area (Å²) in [5.41, 5.74) is 6.49. The number of methoxy groups -OCH3 is 2. The monoisotopic (exact) mass is 236 g/mol. The minimum atomic E-state index is -0.113. The Morgan fingerprint density at radius 3 is 2.65 bits per heavy atom. The van der Waals surface area contributed by atoms with E-state index in [0.717, 1.165) is 0 Å². The van der Waals surface area contributed by atoms with Gasteiger partial charge in [-0.25, -0.2) is 0 Å². The first-order valence-electron chi connectivity index (χ1n) is 5.44. The van der Waals surface area contributed by atoms with Crippen molar-refractivity contribution in [3.05, 3.63) is 18.2 Å². The van der Waals surface area contributed by atoms with E-state index in [2.05, 4.69) is 0 Å². The summed E-state index contributed by atoms with van der Waals surface area (Å²) < 4.78 is 10.5. The van der Waals surface area contributed by atoms with Crippen molar-refractivity contribution in [1.29, 1.82) is 0 Å². The second-order valence-electron chi connectivity index (χ2n) is 3.98. The van der Waals surface area contributed by atoms with E-state index in [1.54, 1.807) is 25.2 Å². The Labute approximate surface area is 100 Å². The third-order valence-corrected chi connectivity index (χ3v) is 2.83. The molecule has 1 fully saturated rings. The van der Waals surface area contributed by atoms with Crippen LogP contribution in [-0.2, 0) is 4.79 Å². The van der Waals surface area contributed by atoms with Gasteiger partial charge in [0.15, 0.2) is 11.5 Å². The topological polar surface area (TPSA) is 64.8 Å². The molecule has 0 bridgehead atoms. The van der Waals surface area contributed by atoms with Gasteiger partial charge in [0.2, 0.25) is 5.91 Å². The first-order valence-corrected chi connectivity index (χ1v) is 5.44. The van der Waals surface area contributed by atoms with Gasteiger partial charge in [-0.3, -0.25) is 4.79 Å². The van der Waals surface area contributed by atoms with Crippen LogP contribution in [0.25, 0.3) is 0 Å². The van der Waals surface area contributed by atoms with Crippen molar-refractivity contribution in [2.75, 3.05) is 25.7 Å². The molecule has 5 nitrogen and oxygen atoms in total. The molecular formula is C12H16N2O3. The Kier molecular flexibility index (Phi) is 3.19. The van der Waals surface area contributed by atoms with E-state index in [4.69, 9.17) is 15.2 Å². The zero-order valence-corrected chi connectivity index (χ0v) is 9.97. The number of carbonyl (C=O) groups excluding carboxylic acids is 1. The SMILES string of the molecule is COc1cccc(N2CC(N)CC2=O)c1OC. The van der Waals surface area contributed by atoms with Crippen LogP contribution in [0.3, 0.4) is 0 Å². The maximum atomic E-state index is 11.8. The quantitative estimate of drug-likeness (QED) is 0.841. The van der Waals surface area contributed by atoms with Crippen LogP contribution in [0.15, 0.2) is 18.2 Å². The summed E-state index contributed by atoms with van der Waals surface area (Å²) >= 11 is 0.